The quantitative estimate of drug-likeness (QED) is 0.543. The maximum atomic E-state index is 11.5. The van der Waals surface area contributed by atoms with Gasteiger partial charge in [0.25, 0.3) is 0 Å². The normalized spacial score (nSPS) is 31.3. The fraction of sp³-hybridized carbons (Fsp3) is 0.909. The molecule has 0 aromatic heterocycles. The van der Waals surface area contributed by atoms with Crippen molar-refractivity contribution in [3.05, 3.63) is 0 Å². The Morgan fingerprint density at radius 2 is 2.07 bits per heavy atom. The van der Waals surface area contributed by atoms with Crippen LogP contribution in [0.25, 0.3) is 0 Å². The summed E-state index contributed by atoms with van der Waals surface area (Å²) >= 11 is 0. The summed E-state index contributed by atoms with van der Waals surface area (Å²) < 4.78 is 4.99. The van der Waals surface area contributed by atoms with E-state index in [-0.39, 0.29) is 6.10 Å². The van der Waals surface area contributed by atoms with Crippen LogP contribution in [0.5, 0.6) is 0 Å². The lowest BCUT2D eigenvalue weighted by Gasteiger charge is -2.31. The monoisotopic (exact) mass is 216 g/mol. The molecule has 0 radical (unpaired) electrons. The van der Waals surface area contributed by atoms with Crippen LogP contribution in [-0.4, -0.2) is 34.5 Å². The van der Waals surface area contributed by atoms with E-state index in [2.05, 4.69) is 0 Å². The fourth-order valence-electron chi connectivity index (χ4n) is 1.73. The van der Waals surface area contributed by atoms with E-state index in [1.807, 2.05) is 6.92 Å². The molecule has 4 heteroatoms. The number of carbonyl (C=O) groups is 1. The SMILES string of the molecule is CCCCOC(=O)[C@]1(O)CC[C@H](O)CC1. The van der Waals surface area contributed by atoms with Crippen LogP contribution >= 0.6 is 0 Å². The van der Waals surface area contributed by atoms with Gasteiger partial charge in [-0.15, -0.1) is 0 Å². The van der Waals surface area contributed by atoms with Gasteiger partial charge in [-0.05, 0) is 32.1 Å². The second-order valence-electron chi connectivity index (χ2n) is 4.25. The highest BCUT2D eigenvalue weighted by atomic mass is 16.5. The molecule has 0 unspecified atom stereocenters. The van der Waals surface area contributed by atoms with E-state index in [4.69, 9.17) is 4.74 Å². The van der Waals surface area contributed by atoms with Crippen molar-refractivity contribution in [2.75, 3.05) is 6.61 Å². The number of unbranched alkanes of at least 4 members (excludes halogenated alkanes) is 1. The van der Waals surface area contributed by atoms with Gasteiger partial charge in [-0.25, -0.2) is 4.79 Å². The minimum Gasteiger partial charge on any atom is -0.464 e. The van der Waals surface area contributed by atoms with Crippen LogP contribution in [0.1, 0.15) is 45.4 Å². The summed E-state index contributed by atoms with van der Waals surface area (Å²) in [5, 5.41) is 19.2. The van der Waals surface area contributed by atoms with Gasteiger partial charge in [-0.1, -0.05) is 13.3 Å². The zero-order chi connectivity index (χ0) is 11.3. The smallest absolute Gasteiger partial charge is 0.338 e. The van der Waals surface area contributed by atoms with Crippen molar-refractivity contribution in [3.63, 3.8) is 0 Å². The average Bonchev–Trinajstić information content (AvgIpc) is 2.23. The number of esters is 1. The first-order valence-corrected chi connectivity index (χ1v) is 5.66. The van der Waals surface area contributed by atoms with Gasteiger partial charge in [0.1, 0.15) is 0 Å². The minimum atomic E-state index is -1.35. The number of aliphatic hydroxyl groups is 2. The molecule has 0 amide bonds. The lowest BCUT2D eigenvalue weighted by Crippen LogP contribution is -2.44. The van der Waals surface area contributed by atoms with Gasteiger partial charge in [0.2, 0.25) is 0 Å². The van der Waals surface area contributed by atoms with Gasteiger partial charge in [-0.2, -0.15) is 0 Å². The standard InChI is InChI=1S/C11H20O4/c1-2-3-8-15-10(13)11(14)6-4-9(12)5-7-11/h9,12,14H,2-8H2,1H3/t9-,11-. The molecule has 1 fully saturated rings. The Morgan fingerprint density at radius 3 is 2.60 bits per heavy atom. The molecule has 1 aliphatic rings. The molecule has 0 saturated heterocycles. The van der Waals surface area contributed by atoms with E-state index >= 15 is 0 Å². The Morgan fingerprint density at radius 1 is 1.47 bits per heavy atom. The van der Waals surface area contributed by atoms with Gasteiger partial charge in [0.15, 0.2) is 5.60 Å². The van der Waals surface area contributed by atoms with Crippen LogP contribution in [0.2, 0.25) is 0 Å². The van der Waals surface area contributed by atoms with Crippen molar-refractivity contribution in [1.82, 2.24) is 0 Å². The number of aliphatic hydroxyl groups excluding tert-OH is 1. The largest absolute Gasteiger partial charge is 0.464 e. The lowest BCUT2D eigenvalue weighted by molar-refractivity contribution is -0.171. The predicted molar refractivity (Wildman–Crippen MR) is 55.3 cm³/mol. The van der Waals surface area contributed by atoms with E-state index in [9.17, 15) is 15.0 Å². The Hall–Kier alpha value is -0.610. The van der Waals surface area contributed by atoms with Gasteiger partial charge in [0.05, 0.1) is 12.7 Å². The highest BCUT2D eigenvalue weighted by Crippen LogP contribution is 2.29. The molecule has 0 spiro atoms. The van der Waals surface area contributed by atoms with Gasteiger partial charge in [-0.3, -0.25) is 0 Å². The van der Waals surface area contributed by atoms with Crippen molar-refractivity contribution < 1.29 is 19.7 Å². The Labute approximate surface area is 90.2 Å². The molecule has 88 valence electrons. The van der Waals surface area contributed by atoms with E-state index in [0.717, 1.165) is 12.8 Å². The predicted octanol–water partition coefficient (Wildman–Crippen LogP) is 0.996. The van der Waals surface area contributed by atoms with Crippen molar-refractivity contribution >= 4 is 5.97 Å². The second-order valence-corrected chi connectivity index (χ2v) is 4.25. The van der Waals surface area contributed by atoms with Crippen LogP contribution < -0.4 is 0 Å². The van der Waals surface area contributed by atoms with Gasteiger partial charge in [0, 0.05) is 0 Å². The van der Waals surface area contributed by atoms with E-state index < -0.39 is 11.6 Å². The van der Waals surface area contributed by atoms with E-state index in [1.54, 1.807) is 0 Å². The summed E-state index contributed by atoms with van der Waals surface area (Å²) in [6.07, 6.45) is 2.96. The third-order valence-electron chi connectivity index (χ3n) is 2.89. The third kappa shape index (κ3) is 3.47. The van der Waals surface area contributed by atoms with Crippen LogP contribution in [0.3, 0.4) is 0 Å². The molecule has 1 aliphatic carbocycles. The number of hydrogen-bond acceptors (Lipinski definition) is 4. The maximum absolute atomic E-state index is 11.5. The summed E-state index contributed by atoms with van der Waals surface area (Å²) in [5.41, 5.74) is -1.35. The zero-order valence-electron chi connectivity index (χ0n) is 9.24. The first-order valence-electron chi connectivity index (χ1n) is 5.66. The summed E-state index contributed by atoms with van der Waals surface area (Å²) in [7, 11) is 0. The number of ether oxygens (including phenoxy) is 1. The molecule has 0 heterocycles. The van der Waals surface area contributed by atoms with Crippen molar-refractivity contribution in [2.45, 2.75) is 57.2 Å². The maximum Gasteiger partial charge on any atom is 0.338 e. The van der Waals surface area contributed by atoms with Crippen LogP contribution in [0.4, 0.5) is 0 Å². The summed E-state index contributed by atoms with van der Waals surface area (Å²) in [6.45, 7) is 2.39. The van der Waals surface area contributed by atoms with Crippen LogP contribution in [0, 0.1) is 0 Å². The first kappa shape index (κ1) is 12.5. The molecular weight excluding hydrogens is 196 g/mol. The Kier molecular flexibility index (Phi) is 4.54. The highest BCUT2D eigenvalue weighted by Gasteiger charge is 2.40. The first-order chi connectivity index (χ1) is 7.08. The van der Waals surface area contributed by atoms with Crippen molar-refractivity contribution in [2.24, 2.45) is 0 Å². The molecule has 1 saturated carbocycles. The molecule has 15 heavy (non-hydrogen) atoms. The summed E-state index contributed by atoms with van der Waals surface area (Å²) in [4.78, 5) is 11.5. The van der Waals surface area contributed by atoms with Gasteiger partial charge >= 0.3 is 5.97 Å². The summed E-state index contributed by atoms with van der Waals surface area (Å²) in [6, 6.07) is 0. The minimum absolute atomic E-state index is 0.305. The lowest BCUT2D eigenvalue weighted by atomic mass is 9.83. The molecule has 0 atom stereocenters. The Bertz CT molecular complexity index is 207. The fourth-order valence-corrected chi connectivity index (χ4v) is 1.73. The van der Waals surface area contributed by atoms with Crippen molar-refractivity contribution in [1.29, 1.82) is 0 Å². The molecule has 4 nitrogen and oxygen atoms in total. The zero-order valence-corrected chi connectivity index (χ0v) is 9.24. The Balaban J connectivity index is 2.36. The number of hydrogen-bond donors (Lipinski definition) is 2. The third-order valence-corrected chi connectivity index (χ3v) is 2.89. The molecule has 0 aliphatic heterocycles. The molecule has 1 rings (SSSR count). The average molecular weight is 216 g/mol. The van der Waals surface area contributed by atoms with E-state index in [1.165, 1.54) is 0 Å². The molecule has 0 aromatic carbocycles. The van der Waals surface area contributed by atoms with E-state index in [0.29, 0.717) is 32.3 Å². The highest BCUT2D eigenvalue weighted by molar-refractivity contribution is 5.79. The summed E-state index contributed by atoms with van der Waals surface area (Å²) in [5.74, 6) is -0.525. The molecular formula is C11H20O4. The molecule has 2 N–H and O–H groups in total. The molecule has 0 aromatic rings. The number of carbonyl (C=O) groups excluding carboxylic acids is 1. The van der Waals surface area contributed by atoms with Crippen molar-refractivity contribution in [3.8, 4) is 0 Å². The molecule has 0 bridgehead atoms. The topological polar surface area (TPSA) is 66.8 Å². The second kappa shape index (κ2) is 5.47. The van der Waals surface area contributed by atoms with Crippen LogP contribution in [-0.2, 0) is 9.53 Å². The number of rotatable bonds is 4. The van der Waals surface area contributed by atoms with Gasteiger partial charge < -0.3 is 14.9 Å². The van der Waals surface area contributed by atoms with Crippen LogP contribution in [0.15, 0.2) is 0 Å².